The fourth-order valence-electron chi connectivity index (χ4n) is 1.79. The van der Waals surface area contributed by atoms with Crippen LogP contribution < -0.4 is 0 Å². The number of alkyl halides is 3. The van der Waals surface area contributed by atoms with Crippen molar-refractivity contribution in [3.05, 3.63) is 59.5 Å². The number of aryl methyl sites for hydroxylation is 1. The molecular weight excluding hydrogens is 257 g/mol. The van der Waals surface area contributed by atoms with Crippen molar-refractivity contribution < 1.29 is 22.7 Å². The zero-order chi connectivity index (χ0) is 13.9. The lowest BCUT2D eigenvalue weighted by atomic mass is 10.0. The molecule has 1 N–H and O–H groups in total. The molecule has 0 aliphatic carbocycles. The lowest BCUT2D eigenvalue weighted by Crippen LogP contribution is -2.06. The molecule has 0 fully saturated rings. The van der Waals surface area contributed by atoms with Crippen LogP contribution in [0.15, 0.2) is 47.1 Å². The lowest BCUT2D eigenvalue weighted by Gasteiger charge is -2.12. The van der Waals surface area contributed by atoms with Gasteiger partial charge in [0, 0.05) is 6.42 Å². The summed E-state index contributed by atoms with van der Waals surface area (Å²) in [6, 6.07) is 8.10. The molecule has 102 valence electrons. The van der Waals surface area contributed by atoms with Crippen molar-refractivity contribution in [3.8, 4) is 0 Å². The summed E-state index contributed by atoms with van der Waals surface area (Å²) in [6.07, 6.45) is -2.67. The fourth-order valence-corrected chi connectivity index (χ4v) is 1.79. The van der Waals surface area contributed by atoms with Crippen LogP contribution in [-0.4, -0.2) is 5.11 Å². The van der Waals surface area contributed by atoms with E-state index in [4.69, 9.17) is 4.42 Å². The Morgan fingerprint density at radius 3 is 2.32 bits per heavy atom. The third kappa shape index (κ3) is 3.61. The Labute approximate surface area is 108 Å². The molecule has 0 amide bonds. The number of benzene rings is 1. The second-order valence-corrected chi connectivity index (χ2v) is 4.25. The highest BCUT2D eigenvalue weighted by molar-refractivity contribution is 5.26. The van der Waals surface area contributed by atoms with Gasteiger partial charge >= 0.3 is 6.18 Å². The monoisotopic (exact) mass is 270 g/mol. The minimum atomic E-state index is -4.35. The molecule has 2 nitrogen and oxygen atoms in total. The van der Waals surface area contributed by atoms with E-state index in [-0.39, 0.29) is 0 Å². The molecule has 0 saturated heterocycles. The summed E-state index contributed by atoms with van der Waals surface area (Å²) in [5.74, 6) is 0.742. The van der Waals surface area contributed by atoms with Crippen LogP contribution in [0.4, 0.5) is 13.2 Å². The summed E-state index contributed by atoms with van der Waals surface area (Å²) in [7, 11) is 0. The van der Waals surface area contributed by atoms with Crippen molar-refractivity contribution in [3.63, 3.8) is 0 Å². The predicted molar refractivity (Wildman–Crippen MR) is 63.4 cm³/mol. The third-order valence-electron chi connectivity index (χ3n) is 2.87. The van der Waals surface area contributed by atoms with Crippen LogP contribution in [0.25, 0.3) is 0 Å². The highest BCUT2D eigenvalue weighted by atomic mass is 19.4. The van der Waals surface area contributed by atoms with Gasteiger partial charge in [0.15, 0.2) is 0 Å². The summed E-state index contributed by atoms with van der Waals surface area (Å²) < 4.78 is 42.3. The predicted octanol–water partition coefficient (Wildman–Crippen LogP) is 3.96. The molecule has 0 aliphatic rings. The average molecular weight is 270 g/mol. The molecule has 1 atom stereocenters. The quantitative estimate of drug-likeness (QED) is 0.912. The van der Waals surface area contributed by atoms with Gasteiger partial charge in [-0.2, -0.15) is 13.2 Å². The lowest BCUT2D eigenvalue weighted by molar-refractivity contribution is -0.137. The number of halogens is 3. The van der Waals surface area contributed by atoms with E-state index >= 15 is 0 Å². The maximum absolute atomic E-state index is 12.4. The smallest absolute Gasteiger partial charge is 0.416 e. The Kier molecular flexibility index (Phi) is 3.95. The Balaban J connectivity index is 1.97. The van der Waals surface area contributed by atoms with Crippen LogP contribution in [0.3, 0.4) is 0 Å². The van der Waals surface area contributed by atoms with Gasteiger partial charge in [0.1, 0.15) is 5.76 Å². The molecule has 0 aliphatic heterocycles. The molecule has 1 aromatic carbocycles. The van der Waals surface area contributed by atoms with Crippen molar-refractivity contribution in [2.75, 3.05) is 0 Å². The van der Waals surface area contributed by atoms with Crippen LogP contribution >= 0.6 is 0 Å². The molecule has 0 saturated carbocycles. The highest BCUT2D eigenvalue weighted by Gasteiger charge is 2.30. The molecule has 1 heterocycles. The Morgan fingerprint density at radius 2 is 1.79 bits per heavy atom. The molecule has 1 unspecified atom stereocenters. The van der Waals surface area contributed by atoms with Crippen LogP contribution in [0.2, 0.25) is 0 Å². The van der Waals surface area contributed by atoms with E-state index in [0.717, 1.165) is 17.9 Å². The number of furan rings is 1. The summed E-state index contributed by atoms with van der Waals surface area (Å²) in [6.45, 7) is 0. The van der Waals surface area contributed by atoms with E-state index < -0.39 is 17.8 Å². The first kappa shape index (κ1) is 13.7. The van der Waals surface area contributed by atoms with Gasteiger partial charge in [-0.05, 0) is 36.2 Å². The zero-order valence-electron chi connectivity index (χ0n) is 10.0. The van der Waals surface area contributed by atoms with Gasteiger partial charge in [0.2, 0.25) is 0 Å². The molecule has 5 heteroatoms. The highest BCUT2D eigenvalue weighted by Crippen LogP contribution is 2.30. The van der Waals surface area contributed by atoms with Crippen LogP contribution in [-0.2, 0) is 12.6 Å². The molecular formula is C14H13F3O2. The summed E-state index contributed by atoms with van der Waals surface area (Å²) in [4.78, 5) is 0. The van der Waals surface area contributed by atoms with E-state index in [1.165, 1.54) is 12.1 Å². The van der Waals surface area contributed by atoms with Crippen LogP contribution in [0, 0.1) is 0 Å². The van der Waals surface area contributed by atoms with Gasteiger partial charge < -0.3 is 9.52 Å². The minimum Gasteiger partial charge on any atom is -0.469 e. The summed E-state index contributed by atoms with van der Waals surface area (Å²) in [5.41, 5.74) is -0.242. The average Bonchev–Trinajstić information content (AvgIpc) is 2.88. The first-order chi connectivity index (χ1) is 8.97. The minimum absolute atomic E-state index is 0.402. The molecule has 2 rings (SSSR count). The number of hydrogen-bond donors (Lipinski definition) is 1. The summed E-state index contributed by atoms with van der Waals surface area (Å²) in [5, 5.41) is 9.89. The standard InChI is InChI=1S/C14H13F3O2/c15-14(16,17)11-5-3-10(4-6-11)13(18)8-7-12-2-1-9-19-12/h1-6,9,13,18H,7-8H2. The van der Waals surface area contributed by atoms with E-state index in [2.05, 4.69) is 0 Å². The maximum Gasteiger partial charge on any atom is 0.416 e. The molecule has 0 spiro atoms. The largest absolute Gasteiger partial charge is 0.469 e. The van der Waals surface area contributed by atoms with Gasteiger partial charge in [0.05, 0.1) is 17.9 Å². The van der Waals surface area contributed by atoms with Gasteiger partial charge in [-0.25, -0.2) is 0 Å². The molecule has 0 bridgehead atoms. The van der Waals surface area contributed by atoms with E-state index in [1.54, 1.807) is 18.4 Å². The Hall–Kier alpha value is -1.75. The normalized spacial score (nSPS) is 13.5. The number of hydrogen-bond acceptors (Lipinski definition) is 2. The van der Waals surface area contributed by atoms with Crippen molar-refractivity contribution in [1.29, 1.82) is 0 Å². The van der Waals surface area contributed by atoms with Gasteiger partial charge in [-0.15, -0.1) is 0 Å². The number of aliphatic hydroxyl groups is 1. The van der Waals surface area contributed by atoms with Gasteiger partial charge in [-0.1, -0.05) is 12.1 Å². The van der Waals surface area contributed by atoms with Gasteiger partial charge in [0.25, 0.3) is 0 Å². The maximum atomic E-state index is 12.4. The molecule has 0 radical (unpaired) electrons. The fraction of sp³-hybridized carbons (Fsp3) is 0.286. The number of aliphatic hydroxyl groups excluding tert-OH is 1. The van der Waals surface area contributed by atoms with Crippen LogP contribution in [0.1, 0.15) is 29.4 Å². The molecule has 2 aromatic rings. The van der Waals surface area contributed by atoms with Crippen molar-refractivity contribution in [2.45, 2.75) is 25.1 Å². The van der Waals surface area contributed by atoms with Crippen molar-refractivity contribution in [1.82, 2.24) is 0 Å². The van der Waals surface area contributed by atoms with Gasteiger partial charge in [-0.3, -0.25) is 0 Å². The zero-order valence-corrected chi connectivity index (χ0v) is 10.0. The second kappa shape index (κ2) is 5.48. The van der Waals surface area contributed by atoms with Crippen LogP contribution in [0.5, 0.6) is 0 Å². The van der Waals surface area contributed by atoms with E-state index in [9.17, 15) is 18.3 Å². The first-order valence-electron chi connectivity index (χ1n) is 5.84. The Bertz CT molecular complexity index is 500. The SMILES string of the molecule is OC(CCc1ccco1)c1ccc(C(F)(F)F)cc1. The summed E-state index contributed by atoms with van der Waals surface area (Å²) >= 11 is 0. The van der Waals surface area contributed by atoms with E-state index in [0.29, 0.717) is 18.4 Å². The van der Waals surface area contributed by atoms with Crippen molar-refractivity contribution >= 4 is 0 Å². The second-order valence-electron chi connectivity index (χ2n) is 4.25. The number of rotatable bonds is 4. The molecule has 19 heavy (non-hydrogen) atoms. The van der Waals surface area contributed by atoms with Crippen molar-refractivity contribution in [2.24, 2.45) is 0 Å². The third-order valence-corrected chi connectivity index (χ3v) is 2.87. The molecule has 1 aromatic heterocycles. The Morgan fingerprint density at radius 1 is 1.11 bits per heavy atom. The first-order valence-corrected chi connectivity index (χ1v) is 5.84. The topological polar surface area (TPSA) is 33.4 Å². The van der Waals surface area contributed by atoms with E-state index in [1.807, 2.05) is 0 Å².